The predicted molar refractivity (Wildman–Crippen MR) is 138 cm³/mol. The molecule has 0 bridgehead atoms. The highest BCUT2D eigenvalue weighted by Gasteiger charge is 2.36. The van der Waals surface area contributed by atoms with Crippen molar-refractivity contribution in [2.75, 3.05) is 40.3 Å². The van der Waals surface area contributed by atoms with E-state index in [0.29, 0.717) is 12.8 Å². The van der Waals surface area contributed by atoms with Gasteiger partial charge in [-0.3, -0.25) is 4.79 Å². The van der Waals surface area contributed by atoms with Gasteiger partial charge in [0.05, 0.1) is 46.2 Å². The van der Waals surface area contributed by atoms with Crippen LogP contribution in [0.25, 0.3) is 0 Å². The van der Waals surface area contributed by atoms with Crippen molar-refractivity contribution < 1.29 is 37.0 Å². The first-order valence-corrected chi connectivity index (χ1v) is 13.4. The second kappa shape index (κ2) is 12.3. The lowest BCUT2D eigenvalue weighted by atomic mass is 9.95. The molecule has 0 heterocycles. The summed E-state index contributed by atoms with van der Waals surface area (Å²) in [7, 11) is 1.38. The van der Waals surface area contributed by atoms with E-state index in [4.69, 9.17) is 18.9 Å². The highest BCUT2D eigenvalue weighted by atomic mass is 32.2. The standard InChI is InChI=1S/C26H34N2O8S/c1-17-11-12-21(33-2)24(13-17)37(31,32)28(18-9-7-6-8-10-18)16-25(29)27-20-15-23(35-4)22(34-3)14-19(20)26(30)36-5/h11-15,18H,6-10,16H2,1-5H3,(H,27,29). The van der Waals surface area contributed by atoms with E-state index in [9.17, 15) is 18.0 Å². The molecule has 2 aromatic carbocycles. The van der Waals surface area contributed by atoms with Gasteiger partial charge in [0.2, 0.25) is 15.9 Å². The number of sulfonamides is 1. The molecular weight excluding hydrogens is 500 g/mol. The normalized spacial score (nSPS) is 14.2. The number of carbonyl (C=O) groups excluding carboxylic acids is 2. The molecule has 10 nitrogen and oxygen atoms in total. The van der Waals surface area contributed by atoms with Crippen LogP contribution in [0.4, 0.5) is 5.69 Å². The van der Waals surface area contributed by atoms with Crippen molar-refractivity contribution in [3.05, 3.63) is 41.5 Å². The average molecular weight is 535 g/mol. The lowest BCUT2D eigenvalue weighted by Gasteiger charge is -2.33. The Balaban J connectivity index is 1.99. The first kappa shape index (κ1) is 28.3. The Labute approximate surface area is 217 Å². The van der Waals surface area contributed by atoms with Gasteiger partial charge in [-0.1, -0.05) is 25.3 Å². The van der Waals surface area contributed by atoms with Gasteiger partial charge < -0.3 is 24.3 Å². The molecule has 3 rings (SSSR count). The van der Waals surface area contributed by atoms with Crippen LogP contribution in [0, 0.1) is 6.92 Å². The molecule has 0 saturated heterocycles. The zero-order chi connectivity index (χ0) is 27.2. The summed E-state index contributed by atoms with van der Waals surface area (Å²) in [5, 5.41) is 2.67. The summed E-state index contributed by atoms with van der Waals surface area (Å²) >= 11 is 0. The molecule has 202 valence electrons. The molecule has 1 N–H and O–H groups in total. The summed E-state index contributed by atoms with van der Waals surface area (Å²) < 4.78 is 49.8. The van der Waals surface area contributed by atoms with E-state index < -0.39 is 28.4 Å². The topological polar surface area (TPSA) is 120 Å². The van der Waals surface area contributed by atoms with Crippen LogP contribution in [0.5, 0.6) is 17.2 Å². The maximum Gasteiger partial charge on any atom is 0.340 e. The van der Waals surface area contributed by atoms with Crippen LogP contribution in [0.1, 0.15) is 48.0 Å². The number of anilines is 1. The second-order valence-corrected chi connectivity index (χ2v) is 10.6. The molecule has 1 saturated carbocycles. The molecule has 11 heteroatoms. The minimum atomic E-state index is -4.10. The van der Waals surface area contributed by atoms with Gasteiger partial charge in [-0.2, -0.15) is 4.31 Å². The number of hydrogen-bond donors (Lipinski definition) is 1. The third-order valence-electron chi connectivity index (χ3n) is 6.39. The predicted octanol–water partition coefficient (Wildman–Crippen LogP) is 3.77. The van der Waals surface area contributed by atoms with Crippen LogP contribution >= 0.6 is 0 Å². The van der Waals surface area contributed by atoms with E-state index in [1.807, 2.05) is 0 Å². The van der Waals surface area contributed by atoms with Crippen molar-refractivity contribution in [3.63, 3.8) is 0 Å². The largest absolute Gasteiger partial charge is 0.495 e. The van der Waals surface area contributed by atoms with Gasteiger partial charge in [0, 0.05) is 18.2 Å². The molecule has 0 atom stereocenters. The molecule has 1 aliphatic rings. The molecule has 0 aliphatic heterocycles. The van der Waals surface area contributed by atoms with Gasteiger partial charge in [-0.05, 0) is 37.5 Å². The number of esters is 1. The van der Waals surface area contributed by atoms with E-state index in [1.54, 1.807) is 25.1 Å². The number of amides is 1. The Bertz CT molecular complexity index is 1240. The Kier molecular flexibility index (Phi) is 9.39. The fourth-order valence-corrected chi connectivity index (χ4v) is 6.37. The average Bonchev–Trinajstić information content (AvgIpc) is 2.91. The Morgan fingerprint density at radius 1 is 0.919 bits per heavy atom. The number of benzene rings is 2. The summed E-state index contributed by atoms with van der Waals surface area (Å²) in [6.45, 7) is 1.35. The molecule has 37 heavy (non-hydrogen) atoms. The van der Waals surface area contributed by atoms with Gasteiger partial charge >= 0.3 is 5.97 Å². The maximum absolute atomic E-state index is 13.9. The van der Waals surface area contributed by atoms with E-state index in [2.05, 4.69) is 5.32 Å². The van der Waals surface area contributed by atoms with Crippen LogP contribution in [0.15, 0.2) is 35.2 Å². The molecule has 1 fully saturated rings. The van der Waals surface area contributed by atoms with Gasteiger partial charge in [0.1, 0.15) is 10.6 Å². The summed E-state index contributed by atoms with van der Waals surface area (Å²) in [6, 6.07) is 7.40. The van der Waals surface area contributed by atoms with Crippen molar-refractivity contribution in [1.29, 1.82) is 0 Å². The first-order chi connectivity index (χ1) is 17.7. The molecule has 1 amide bonds. The quantitative estimate of drug-likeness (QED) is 0.458. The summed E-state index contributed by atoms with van der Waals surface area (Å²) in [5.41, 5.74) is 0.907. The molecular formula is C26H34N2O8S. The molecule has 2 aromatic rings. The molecule has 1 aliphatic carbocycles. The van der Waals surface area contributed by atoms with Crippen molar-refractivity contribution in [1.82, 2.24) is 4.31 Å². The molecule has 0 radical (unpaired) electrons. The monoisotopic (exact) mass is 534 g/mol. The summed E-state index contributed by atoms with van der Waals surface area (Å²) in [5.74, 6) is -0.541. The lowest BCUT2D eigenvalue weighted by Crippen LogP contribution is -2.45. The van der Waals surface area contributed by atoms with E-state index in [0.717, 1.165) is 24.8 Å². The zero-order valence-corrected chi connectivity index (χ0v) is 22.6. The van der Waals surface area contributed by atoms with Crippen molar-refractivity contribution >= 4 is 27.6 Å². The van der Waals surface area contributed by atoms with Crippen LogP contribution in [-0.2, 0) is 19.6 Å². The third-order valence-corrected chi connectivity index (χ3v) is 8.31. The SMILES string of the molecule is COC(=O)c1cc(OC)c(OC)cc1NC(=O)CN(C1CCCCC1)S(=O)(=O)c1cc(C)ccc1OC. The Morgan fingerprint density at radius 3 is 2.14 bits per heavy atom. The molecule has 0 spiro atoms. The third kappa shape index (κ3) is 6.34. The van der Waals surface area contributed by atoms with Crippen LogP contribution in [0.3, 0.4) is 0 Å². The zero-order valence-electron chi connectivity index (χ0n) is 21.8. The second-order valence-electron chi connectivity index (χ2n) is 8.79. The van der Waals surface area contributed by atoms with Gasteiger partial charge in [0.15, 0.2) is 11.5 Å². The number of nitrogens with zero attached hydrogens (tertiary/aromatic N) is 1. The van der Waals surface area contributed by atoms with Crippen LogP contribution in [-0.4, -0.2) is 65.6 Å². The number of carbonyl (C=O) groups is 2. The van der Waals surface area contributed by atoms with Crippen molar-refractivity contribution in [2.45, 2.75) is 50.0 Å². The number of methoxy groups -OCH3 is 4. The van der Waals surface area contributed by atoms with Crippen molar-refractivity contribution in [2.24, 2.45) is 0 Å². The number of rotatable bonds is 10. The van der Waals surface area contributed by atoms with Gasteiger partial charge in [-0.15, -0.1) is 0 Å². The number of nitrogens with one attached hydrogen (secondary N) is 1. The maximum atomic E-state index is 13.9. The number of aryl methyl sites for hydroxylation is 1. The minimum Gasteiger partial charge on any atom is -0.495 e. The first-order valence-electron chi connectivity index (χ1n) is 12.0. The number of ether oxygens (including phenoxy) is 4. The summed E-state index contributed by atoms with van der Waals surface area (Å²) in [4.78, 5) is 25.7. The highest BCUT2D eigenvalue weighted by molar-refractivity contribution is 7.89. The number of hydrogen-bond acceptors (Lipinski definition) is 8. The lowest BCUT2D eigenvalue weighted by molar-refractivity contribution is -0.116. The smallest absolute Gasteiger partial charge is 0.340 e. The van der Waals surface area contributed by atoms with Crippen molar-refractivity contribution in [3.8, 4) is 17.2 Å². The highest BCUT2D eigenvalue weighted by Crippen LogP contribution is 2.35. The molecule has 0 aromatic heterocycles. The van der Waals surface area contributed by atoms with E-state index in [1.165, 1.54) is 44.9 Å². The van der Waals surface area contributed by atoms with Gasteiger partial charge in [0.25, 0.3) is 0 Å². The Hall–Kier alpha value is -3.31. The van der Waals surface area contributed by atoms with Crippen LogP contribution < -0.4 is 19.5 Å². The van der Waals surface area contributed by atoms with E-state index >= 15 is 0 Å². The molecule has 0 unspecified atom stereocenters. The van der Waals surface area contributed by atoms with Crippen LogP contribution in [0.2, 0.25) is 0 Å². The minimum absolute atomic E-state index is 0.00902. The van der Waals surface area contributed by atoms with E-state index in [-0.39, 0.29) is 39.4 Å². The fourth-order valence-electron chi connectivity index (χ4n) is 4.48. The van der Waals surface area contributed by atoms with Gasteiger partial charge in [-0.25, -0.2) is 13.2 Å². The fraction of sp³-hybridized carbons (Fsp3) is 0.462. The summed E-state index contributed by atoms with van der Waals surface area (Å²) in [6.07, 6.45) is 4.03. The Morgan fingerprint density at radius 2 is 1.54 bits per heavy atom.